The van der Waals surface area contributed by atoms with Crippen LogP contribution < -0.4 is 11.1 Å². The minimum Gasteiger partial charge on any atom is -0.383 e. The van der Waals surface area contributed by atoms with E-state index in [0.717, 1.165) is 6.42 Å². The Kier molecular flexibility index (Phi) is 3.96. The number of nitrogens with two attached hydrogens (primary N) is 1. The molecule has 0 amide bonds. The van der Waals surface area contributed by atoms with Crippen molar-refractivity contribution >= 4 is 39.0 Å². The predicted molar refractivity (Wildman–Crippen MR) is 75.1 cm³/mol. The van der Waals surface area contributed by atoms with Gasteiger partial charge in [-0.05, 0) is 33.8 Å². The van der Waals surface area contributed by atoms with Crippen molar-refractivity contribution in [3.8, 4) is 0 Å². The van der Waals surface area contributed by atoms with Crippen LogP contribution in [0.3, 0.4) is 0 Å². The van der Waals surface area contributed by atoms with Crippen molar-refractivity contribution in [1.82, 2.24) is 9.97 Å². The SMILES string of the molecule is CCC(Nc1nc(N)cc(Br)n1)c1cccs1. The van der Waals surface area contributed by atoms with E-state index in [1.165, 1.54) is 4.88 Å². The van der Waals surface area contributed by atoms with Gasteiger partial charge in [0.15, 0.2) is 0 Å². The lowest BCUT2D eigenvalue weighted by molar-refractivity contribution is 0.752. The Bertz CT molecular complexity index is 466. The van der Waals surface area contributed by atoms with Crippen molar-refractivity contribution < 1.29 is 0 Å². The molecule has 0 aromatic carbocycles. The van der Waals surface area contributed by atoms with Crippen molar-refractivity contribution in [2.24, 2.45) is 0 Å². The van der Waals surface area contributed by atoms with Crippen molar-refractivity contribution in [1.29, 1.82) is 0 Å². The molecule has 2 rings (SSSR count). The summed E-state index contributed by atoms with van der Waals surface area (Å²) in [5, 5.41) is 5.36. The van der Waals surface area contributed by atoms with Gasteiger partial charge in [0.25, 0.3) is 0 Å². The minimum absolute atomic E-state index is 0.226. The summed E-state index contributed by atoms with van der Waals surface area (Å²) in [4.78, 5) is 9.69. The molecule has 2 aromatic rings. The second kappa shape index (κ2) is 5.46. The summed E-state index contributed by atoms with van der Waals surface area (Å²) in [7, 11) is 0. The number of aromatic nitrogens is 2. The summed E-state index contributed by atoms with van der Waals surface area (Å²) in [5.41, 5.74) is 5.68. The fourth-order valence-corrected chi connectivity index (χ4v) is 2.78. The number of anilines is 2. The topological polar surface area (TPSA) is 63.8 Å². The zero-order valence-electron chi connectivity index (χ0n) is 9.35. The van der Waals surface area contributed by atoms with Crippen LogP contribution in [0.5, 0.6) is 0 Å². The van der Waals surface area contributed by atoms with Crippen LogP contribution in [-0.2, 0) is 0 Å². The van der Waals surface area contributed by atoms with E-state index in [1.807, 2.05) is 6.07 Å². The van der Waals surface area contributed by atoms with E-state index >= 15 is 0 Å². The second-order valence-corrected chi connectivity index (χ2v) is 5.35. The summed E-state index contributed by atoms with van der Waals surface area (Å²) in [6, 6.07) is 6.05. The smallest absolute Gasteiger partial charge is 0.226 e. The number of hydrogen-bond donors (Lipinski definition) is 2. The summed E-state index contributed by atoms with van der Waals surface area (Å²) in [6.45, 7) is 2.12. The van der Waals surface area contributed by atoms with Crippen LogP contribution in [0.15, 0.2) is 28.2 Å². The Morgan fingerprint density at radius 3 is 2.94 bits per heavy atom. The van der Waals surface area contributed by atoms with E-state index < -0.39 is 0 Å². The molecule has 2 aromatic heterocycles. The molecule has 0 fully saturated rings. The Hall–Kier alpha value is -1.14. The molecule has 2 heterocycles. The van der Waals surface area contributed by atoms with E-state index in [9.17, 15) is 0 Å². The van der Waals surface area contributed by atoms with Crippen LogP contribution in [0.25, 0.3) is 0 Å². The van der Waals surface area contributed by atoms with Gasteiger partial charge in [-0.15, -0.1) is 11.3 Å². The highest BCUT2D eigenvalue weighted by Gasteiger charge is 2.12. The quantitative estimate of drug-likeness (QED) is 0.849. The summed E-state index contributed by atoms with van der Waals surface area (Å²) < 4.78 is 0.688. The van der Waals surface area contributed by atoms with Gasteiger partial charge in [-0.3, -0.25) is 0 Å². The highest BCUT2D eigenvalue weighted by atomic mass is 79.9. The van der Waals surface area contributed by atoms with Gasteiger partial charge in [-0.2, -0.15) is 4.98 Å². The van der Waals surface area contributed by atoms with E-state index in [4.69, 9.17) is 5.73 Å². The van der Waals surface area contributed by atoms with Crippen LogP contribution in [0.2, 0.25) is 0 Å². The summed E-state index contributed by atoms with van der Waals surface area (Å²) >= 11 is 5.03. The molecule has 0 aliphatic heterocycles. The molecule has 4 nitrogen and oxygen atoms in total. The maximum atomic E-state index is 5.68. The van der Waals surface area contributed by atoms with E-state index in [0.29, 0.717) is 16.4 Å². The molecular weight excluding hydrogens is 300 g/mol. The fraction of sp³-hybridized carbons (Fsp3) is 0.273. The lowest BCUT2D eigenvalue weighted by Crippen LogP contribution is -2.11. The van der Waals surface area contributed by atoms with Gasteiger partial charge < -0.3 is 11.1 Å². The van der Waals surface area contributed by atoms with E-state index in [2.05, 4.69) is 49.6 Å². The highest BCUT2D eigenvalue weighted by Crippen LogP contribution is 2.25. The second-order valence-electron chi connectivity index (χ2n) is 3.56. The summed E-state index contributed by atoms with van der Waals surface area (Å²) in [5.74, 6) is 1.01. The third-order valence-corrected chi connectivity index (χ3v) is 3.71. The normalized spacial score (nSPS) is 12.4. The average Bonchev–Trinajstić information content (AvgIpc) is 2.77. The van der Waals surface area contributed by atoms with E-state index in [1.54, 1.807) is 17.4 Å². The monoisotopic (exact) mass is 312 g/mol. The van der Waals surface area contributed by atoms with Crippen molar-refractivity contribution in [2.75, 3.05) is 11.1 Å². The number of thiophene rings is 1. The van der Waals surface area contributed by atoms with Crippen molar-refractivity contribution in [2.45, 2.75) is 19.4 Å². The first-order valence-electron chi connectivity index (χ1n) is 5.29. The van der Waals surface area contributed by atoms with E-state index in [-0.39, 0.29) is 6.04 Å². The standard InChI is InChI=1S/C11H13BrN4S/c1-2-7(8-4-3-5-17-8)14-11-15-9(12)6-10(13)16-11/h3-7H,2H2,1H3,(H3,13,14,15,16). The molecule has 0 spiro atoms. The molecule has 6 heteroatoms. The maximum absolute atomic E-state index is 5.68. The number of hydrogen-bond acceptors (Lipinski definition) is 5. The van der Waals surface area contributed by atoms with Gasteiger partial charge in [0, 0.05) is 10.9 Å². The first-order chi connectivity index (χ1) is 8.19. The lowest BCUT2D eigenvalue weighted by Gasteiger charge is -2.15. The van der Waals surface area contributed by atoms with Crippen LogP contribution in [0.4, 0.5) is 11.8 Å². The lowest BCUT2D eigenvalue weighted by atomic mass is 10.2. The van der Waals surface area contributed by atoms with Crippen LogP contribution in [0, 0.1) is 0 Å². The molecule has 0 radical (unpaired) electrons. The number of nitrogens with one attached hydrogen (secondary N) is 1. The Morgan fingerprint density at radius 1 is 1.53 bits per heavy atom. The first kappa shape index (κ1) is 12.3. The van der Waals surface area contributed by atoms with Crippen molar-refractivity contribution in [3.05, 3.63) is 33.1 Å². The van der Waals surface area contributed by atoms with Gasteiger partial charge in [-0.1, -0.05) is 13.0 Å². The Morgan fingerprint density at radius 2 is 2.35 bits per heavy atom. The molecule has 0 saturated heterocycles. The average molecular weight is 313 g/mol. The molecule has 90 valence electrons. The molecule has 3 N–H and O–H groups in total. The first-order valence-corrected chi connectivity index (χ1v) is 6.96. The molecule has 1 atom stereocenters. The van der Waals surface area contributed by atoms with Gasteiger partial charge in [0.2, 0.25) is 5.95 Å². The van der Waals surface area contributed by atoms with Crippen LogP contribution in [-0.4, -0.2) is 9.97 Å². The highest BCUT2D eigenvalue weighted by molar-refractivity contribution is 9.10. The largest absolute Gasteiger partial charge is 0.383 e. The van der Waals surface area contributed by atoms with Gasteiger partial charge in [-0.25, -0.2) is 4.98 Å². The maximum Gasteiger partial charge on any atom is 0.226 e. The van der Waals surface area contributed by atoms with Crippen LogP contribution >= 0.6 is 27.3 Å². The van der Waals surface area contributed by atoms with Crippen molar-refractivity contribution in [3.63, 3.8) is 0 Å². The number of nitrogens with zero attached hydrogens (tertiary/aromatic N) is 2. The van der Waals surface area contributed by atoms with Crippen LogP contribution in [0.1, 0.15) is 24.3 Å². The third kappa shape index (κ3) is 3.17. The number of halogens is 1. The molecule has 17 heavy (non-hydrogen) atoms. The molecule has 0 aliphatic carbocycles. The molecule has 0 bridgehead atoms. The third-order valence-electron chi connectivity index (χ3n) is 2.31. The molecule has 0 aliphatic rings. The fourth-order valence-electron chi connectivity index (χ4n) is 1.52. The number of rotatable bonds is 4. The number of nitrogen functional groups attached to an aromatic ring is 1. The van der Waals surface area contributed by atoms with Gasteiger partial charge in [0.05, 0.1) is 6.04 Å². The Balaban J connectivity index is 2.18. The minimum atomic E-state index is 0.226. The summed E-state index contributed by atoms with van der Waals surface area (Å²) in [6.07, 6.45) is 0.969. The zero-order chi connectivity index (χ0) is 12.3. The van der Waals surface area contributed by atoms with Gasteiger partial charge >= 0.3 is 0 Å². The zero-order valence-corrected chi connectivity index (χ0v) is 11.8. The Labute approximate surface area is 112 Å². The molecule has 1 unspecified atom stereocenters. The molecule has 0 saturated carbocycles. The molecular formula is C11H13BrN4S. The van der Waals surface area contributed by atoms with Gasteiger partial charge in [0.1, 0.15) is 10.4 Å². The predicted octanol–water partition coefficient (Wildman–Crippen LogP) is 3.45.